The molecule has 0 spiro atoms. The summed E-state index contributed by atoms with van der Waals surface area (Å²) in [5.74, 6) is -0.807. The molecule has 0 radical (unpaired) electrons. The molecule has 6 rings (SSSR count). The van der Waals surface area contributed by atoms with E-state index in [1.165, 1.54) is 62.1 Å². The second kappa shape index (κ2) is 10.9. The number of halogens is 2. The van der Waals surface area contributed by atoms with Crippen molar-refractivity contribution in [3.8, 4) is 28.4 Å². The van der Waals surface area contributed by atoms with Crippen LogP contribution in [0, 0.1) is 11.6 Å². The van der Waals surface area contributed by atoms with Crippen molar-refractivity contribution in [2.45, 2.75) is 19.6 Å². The number of hydrogen-bond acceptors (Lipinski definition) is 7. The molecule has 0 saturated carbocycles. The lowest BCUT2D eigenvalue weighted by molar-refractivity contribution is 0.0836. The van der Waals surface area contributed by atoms with Crippen molar-refractivity contribution < 1.29 is 27.8 Å². The van der Waals surface area contributed by atoms with E-state index in [-0.39, 0.29) is 24.3 Å². The fraction of sp³-hybridized carbons (Fsp3) is 0.161. The Morgan fingerprint density at radius 1 is 1.05 bits per heavy atom. The van der Waals surface area contributed by atoms with Gasteiger partial charge in [-0.25, -0.2) is 13.8 Å². The fourth-order valence-electron chi connectivity index (χ4n) is 4.82. The van der Waals surface area contributed by atoms with Crippen LogP contribution in [0.5, 0.6) is 17.2 Å². The number of pyridine rings is 3. The molecule has 0 fully saturated rings. The molecule has 0 amide bonds. The molecule has 41 heavy (non-hydrogen) atoms. The second-order valence-corrected chi connectivity index (χ2v) is 9.47. The number of ether oxygens (including phenoxy) is 3. The van der Waals surface area contributed by atoms with Gasteiger partial charge in [0, 0.05) is 37.5 Å². The molecule has 0 bridgehead atoms. The van der Waals surface area contributed by atoms with Crippen molar-refractivity contribution in [3.63, 3.8) is 0 Å². The molecule has 0 N–H and O–H groups in total. The van der Waals surface area contributed by atoms with Gasteiger partial charge in [-0.05, 0) is 35.4 Å². The number of Topliss-reactive ketones (excluding diaryl/α,β-unsaturated/α-hetero) is 1. The zero-order valence-electron chi connectivity index (χ0n) is 21.9. The first kappa shape index (κ1) is 26.3. The maximum atomic E-state index is 15.1. The lowest BCUT2D eigenvalue weighted by atomic mass is 9.96. The summed E-state index contributed by atoms with van der Waals surface area (Å²) in [4.78, 5) is 35.4. The van der Waals surface area contributed by atoms with Crippen LogP contribution in [0.3, 0.4) is 0 Å². The highest BCUT2D eigenvalue weighted by Gasteiger charge is 2.23. The summed E-state index contributed by atoms with van der Waals surface area (Å²) in [5.41, 5.74) is 2.22. The summed E-state index contributed by atoms with van der Waals surface area (Å²) in [6, 6.07) is 13.0. The van der Waals surface area contributed by atoms with E-state index in [1.54, 1.807) is 18.2 Å². The number of fused-ring (bicyclic) bond motifs is 2. The molecule has 0 unspecified atom stereocenters. The molecule has 0 atom stereocenters. The maximum Gasteiger partial charge on any atom is 0.200 e. The number of hydrogen-bond donors (Lipinski definition) is 0. The van der Waals surface area contributed by atoms with Crippen molar-refractivity contribution in [2.24, 2.45) is 0 Å². The average Bonchev–Trinajstić information content (AvgIpc) is 2.98. The van der Waals surface area contributed by atoms with Crippen LogP contribution in [0.15, 0.2) is 78.0 Å². The molecule has 3 aromatic heterocycles. The summed E-state index contributed by atoms with van der Waals surface area (Å²) in [6.45, 7) is 1.07. The monoisotopic (exact) mass is 555 g/mol. The van der Waals surface area contributed by atoms with E-state index < -0.39 is 22.8 Å². The van der Waals surface area contributed by atoms with E-state index in [4.69, 9.17) is 14.2 Å². The van der Waals surface area contributed by atoms with Gasteiger partial charge in [-0.2, -0.15) is 0 Å². The Labute approximate surface area is 232 Å². The molecule has 10 heteroatoms. The summed E-state index contributed by atoms with van der Waals surface area (Å²) < 4.78 is 47.0. The molecule has 8 nitrogen and oxygen atoms in total. The molecular formula is C31H23F2N3O5. The van der Waals surface area contributed by atoms with Crippen LogP contribution in [0.1, 0.15) is 21.6 Å². The van der Waals surface area contributed by atoms with Crippen LogP contribution in [0.2, 0.25) is 0 Å². The molecule has 4 heterocycles. The van der Waals surface area contributed by atoms with Crippen LogP contribution >= 0.6 is 0 Å². The van der Waals surface area contributed by atoms with E-state index in [0.29, 0.717) is 58.1 Å². The van der Waals surface area contributed by atoms with Gasteiger partial charge in [0.25, 0.3) is 0 Å². The number of carbonyl (C=O) groups is 1. The lowest BCUT2D eigenvalue weighted by Crippen LogP contribution is -2.28. The molecule has 206 valence electrons. The highest BCUT2D eigenvalue weighted by atomic mass is 19.1. The van der Waals surface area contributed by atoms with Gasteiger partial charge in [-0.3, -0.25) is 14.6 Å². The Morgan fingerprint density at radius 3 is 2.66 bits per heavy atom. The zero-order valence-corrected chi connectivity index (χ0v) is 21.9. The van der Waals surface area contributed by atoms with Crippen molar-refractivity contribution in [1.82, 2.24) is 14.5 Å². The molecule has 2 aromatic carbocycles. The molecule has 5 aromatic rings. The van der Waals surface area contributed by atoms with Gasteiger partial charge < -0.3 is 18.8 Å². The first-order chi connectivity index (χ1) is 19.9. The Bertz CT molecular complexity index is 1850. The highest BCUT2D eigenvalue weighted by Crippen LogP contribution is 2.31. The van der Waals surface area contributed by atoms with Crippen LogP contribution in [0.25, 0.3) is 22.2 Å². The normalized spacial score (nSPS) is 12.7. The summed E-state index contributed by atoms with van der Waals surface area (Å²) in [6.07, 6.45) is 4.36. The fourth-order valence-corrected chi connectivity index (χ4v) is 4.82. The van der Waals surface area contributed by atoms with Gasteiger partial charge in [-0.15, -0.1) is 0 Å². The molecule has 0 saturated heterocycles. The largest absolute Gasteiger partial charge is 0.495 e. The Kier molecular flexibility index (Phi) is 6.98. The standard InChI is InChI=1S/C31H23F2N3O5/c1-39-21-14-24-30(35-15-21)28(8-9-34-24)41-27-7-2-18(12-23(27)33)13-26(37)22-16-36-10-11-40-17-25(36)29(31(22)38)19-3-5-20(32)6-4-19/h2-9,12,14-16H,10-11,13,17H2,1H3. The van der Waals surface area contributed by atoms with Gasteiger partial charge >= 0.3 is 0 Å². The number of ketones is 1. The minimum Gasteiger partial charge on any atom is -0.495 e. The SMILES string of the molecule is COc1cnc2c(Oc3ccc(CC(=O)c4cn5c(c(-c6ccc(F)cc6)c4=O)COCC5)cc3F)ccnc2c1. The first-order valence-electron chi connectivity index (χ1n) is 12.8. The van der Waals surface area contributed by atoms with Crippen LogP contribution < -0.4 is 14.9 Å². The quantitative estimate of drug-likeness (QED) is 0.245. The number of aromatic nitrogens is 3. The number of carbonyl (C=O) groups excluding carboxylic acids is 1. The van der Waals surface area contributed by atoms with Crippen LogP contribution in [-0.4, -0.2) is 34.0 Å². The summed E-state index contributed by atoms with van der Waals surface area (Å²) in [5, 5.41) is 0. The van der Waals surface area contributed by atoms with Gasteiger partial charge in [0.15, 0.2) is 23.1 Å². The smallest absolute Gasteiger partial charge is 0.200 e. The lowest BCUT2D eigenvalue weighted by Gasteiger charge is -2.23. The third-order valence-corrected chi connectivity index (χ3v) is 6.87. The molecule has 1 aliphatic rings. The summed E-state index contributed by atoms with van der Waals surface area (Å²) in [7, 11) is 1.52. The highest BCUT2D eigenvalue weighted by molar-refractivity contribution is 5.98. The molecular weight excluding hydrogens is 532 g/mol. The number of benzene rings is 2. The van der Waals surface area contributed by atoms with E-state index in [1.807, 2.05) is 4.57 Å². The third kappa shape index (κ3) is 5.17. The van der Waals surface area contributed by atoms with Crippen molar-refractivity contribution in [3.05, 3.63) is 112 Å². The van der Waals surface area contributed by atoms with Gasteiger partial charge in [0.1, 0.15) is 17.1 Å². The van der Waals surface area contributed by atoms with E-state index >= 15 is 4.39 Å². The van der Waals surface area contributed by atoms with Gasteiger partial charge in [0.2, 0.25) is 5.43 Å². The minimum absolute atomic E-state index is 0.0273. The maximum absolute atomic E-state index is 15.1. The third-order valence-electron chi connectivity index (χ3n) is 6.87. The van der Waals surface area contributed by atoms with E-state index in [9.17, 15) is 14.0 Å². The van der Waals surface area contributed by atoms with Crippen molar-refractivity contribution in [2.75, 3.05) is 13.7 Å². The first-order valence-corrected chi connectivity index (χ1v) is 12.8. The average molecular weight is 556 g/mol. The topological polar surface area (TPSA) is 92.5 Å². The summed E-state index contributed by atoms with van der Waals surface area (Å²) >= 11 is 0. The predicted octanol–water partition coefficient (Wildman–Crippen LogP) is 5.49. The van der Waals surface area contributed by atoms with Gasteiger partial charge in [0.05, 0.1) is 48.9 Å². The van der Waals surface area contributed by atoms with Crippen molar-refractivity contribution in [1.29, 1.82) is 0 Å². The minimum atomic E-state index is -0.680. The van der Waals surface area contributed by atoms with Crippen molar-refractivity contribution >= 4 is 16.8 Å². The predicted molar refractivity (Wildman–Crippen MR) is 146 cm³/mol. The second-order valence-electron chi connectivity index (χ2n) is 9.47. The Morgan fingerprint density at radius 2 is 1.88 bits per heavy atom. The van der Waals surface area contributed by atoms with E-state index in [2.05, 4.69) is 9.97 Å². The zero-order chi connectivity index (χ0) is 28.5. The number of methoxy groups -OCH3 is 1. The molecule has 0 aliphatic carbocycles. The van der Waals surface area contributed by atoms with Gasteiger partial charge in [-0.1, -0.05) is 18.2 Å². The number of rotatable bonds is 7. The Hall–Kier alpha value is -4.96. The van der Waals surface area contributed by atoms with Crippen LogP contribution in [-0.2, 0) is 24.3 Å². The molecule has 1 aliphatic heterocycles. The number of nitrogens with zero attached hydrogens (tertiary/aromatic N) is 3. The van der Waals surface area contributed by atoms with Crippen LogP contribution in [0.4, 0.5) is 8.78 Å². The Balaban J connectivity index is 1.28. The van der Waals surface area contributed by atoms with E-state index in [0.717, 1.165) is 0 Å².